The van der Waals surface area contributed by atoms with Crippen molar-refractivity contribution >= 4 is 22.5 Å². The number of benzene rings is 3. The maximum absolute atomic E-state index is 13.0. The molecule has 0 radical (unpaired) electrons. The zero-order valence-corrected chi connectivity index (χ0v) is 19.8. The number of hydrogen-bond donors (Lipinski definition) is 1. The topological polar surface area (TPSA) is 69.3 Å². The van der Waals surface area contributed by atoms with Gasteiger partial charge < -0.3 is 14.5 Å². The molecule has 0 atom stereocenters. The number of fused-ring (bicyclic) bond motifs is 1. The van der Waals surface area contributed by atoms with Crippen LogP contribution < -0.4 is 10.1 Å². The monoisotopic (exact) mass is 505 g/mol. The number of nitrogens with zero attached hydrogens (tertiary/aromatic N) is 2. The van der Waals surface area contributed by atoms with E-state index in [4.69, 9.17) is 9.15 Å². The molecule has 0 fully saturated rings. The Morgan fingerprint density at radius 1 is 1.00 bits per heavy atom. The highest BCUT2D eigenvalue weighted by atomic mass is 19.4. The molecule has 1 amide bonds. The Labute approximate surface area is 210 Å². The zero-order valence-electron chi connectivity index (χ0n) is 19.8. The highest BCUT2D eigenvalue weighted by Crippen LogP contribution is 2.30. The lowest BCUT2D eigenvalue weighted by Gasteiger charge is -2.09. The molecule has 37 heavy (non-hydrogen) atoms. The summed E-state index contributed by atoms with van der Waals surface area (Å²) in [5.74, 6) is 1.03. The van der Waals surface area contributed by atoms with Crippen LogP contribution >= 0.6 is 0 Å². The van der Waals surface area contributed by atoms with E-state index in [0.29, 0.717) is 22.8 Å². The van der Waals surface area contributed by atoms with Crippen LogP contribution in [0.2, 0.25) is 0 Å². The van der Waals surface area contributed by atoms with Gasteiger partial charge in [-0.1, -0.05) is 48.5 Å². The molecule has 0 bridgehead atoms. The third-order valence-corrected chi connectivity index (χ3v) is 5.81. The van der Waals surface area contributed by atoms with Crippen LogP contribution in [-0.2, 0) is 19.3 Å². The summed E-state index contributed by atoms with van der Waals surface area (Å²) in [6, 6.07) is 23.6. The van der Waals surface area contributed by atoms with Crippen molar-refractivity contribution in [2.75, 3.05) is 5.32 Å². The van der Waals surface area contributed by atoms with Crippen LogP contribution in [0.25, 0.3) is 10.8 Å². The first kappa shape index (κ1) is 24.2. The average molecular weight is 505 g/mol. The van der Waals surface area contributed by atoms with Crippen molar-refractivity contribution in [1.29, 1.82) is 0 Å². The number of aromatic nitrogens is 2. The Kier molecular flexibility index (Phi) is 6.43. The van der Waals surface area contributed by atoms with Gasteiger partial charge in [-0.05, 0) is 48.2 Å². The second-order valence-electron chi connectivity index (χ2n) is 8.51. The van der Waals surface area contributed by atoms with Gasteiger partial charge in [0.25, 0.3) is 5.91 Å². The number of halogens is 3. The molecule has 2 heterocycles. The van der Waals surface area contributed by atoms with Gasteiger partial charge in [-0.2, -0.15) is 18.3 Å². The molecule has 0 aliphatic heterocycles. The SMILES string of the molecule is Cc1cc(NC(=O)c2ccc(COc3cccc4ccccc34)o2)nn1Cc1cccc(C(F)(F)F)c1. The quantitative estimate of drug-likeness (QED) is 0.263. The normalized spacial score (nSPS) is 11.6. The summed E-state index contributed by atoms with van der Waals surface area (Å²) >= 11 is 0. The van der Waals surface area contributed by atoms with Crippen molar-refractivity contribution in [3.05, 3.63) is 113 Å². The fourth-order valence-electron chi connectivity index (χ4n) is 3.98. The van der Waals surface area contributed by atoms with Crippen LogP contribution in [0.15, 0.2) is 89.3 Å². The van der Waals surface area contributed by atoms with E-state index in [0.717, 1.165) is 22.9 Å². The third kappa shape index (κ3) is 5.50. The first-order valence-corrected chi connectivity index (χ1v) is 11.5. The maximum atomic E-state index is 13.0. The van der Waals surface area contributed by atoms with E-state index in [1.807, 2.05) is 42.5 Å². The molecule has 0 aliphatic rings. The van der Waals surface area contributed by atoms with Gasteiger partial charge in [0.05, 0.1) is 12.1 Å². The van der Waals surface area contributed by atoms with Gasteiger partial charge in [0.1, 0.15) is 18.1 Å². The van der Waals surface area contributed by atoms with Gasteiger partial charge in [-0.3, -0.25) is 9.48 Å². The molecule has 9 heteroatoms. The molecule has 5 rings (SSSR count). The van der Waals surface area contributed by atoms with Crippen LogP contribution in [0.4, 0.5) is 19.0 Å². The first-order valence-electron chi connectivity index (χ1n) is 11.5. The number of hydrogen-bond acceptors (Lipinski definition) is 4. The van der Waals surface area contributed by atoms with E-state index in [2.05, 4.69) is 10.4 Å². The number of amides is 1. The van der Waals surface area contributed by atoms with Crippen LogP contribution in [0.1, 0.15) is 33.1 Å². The molecule has 0 aliphatic carbocycles. The van der Waals surface area contributed by atoms with E-state index in [1.165, 1.54) is 10.7 Å². The van der Waals surface area contributed by atoms with Crippen LogP contribution in [0.3, 0.4) is 0 Å². The van der Waals surface area contributed by atoms with Gasteiger partial charge in [-0.15, -0.1) is 0 Å². The molecule has 1 N–H and O–H groups in total. The molecule has 0 saturated heterocycles. The minimum atomic E-state index is -4.42. The largest absolute Gasteiger partial charge is 0.485 e. The molecule has 3 aromatic carbocycles. The van der Waals surface area contributed by atoms with Crippen molar-refractivity contribution in [1.82, 2.24) is 9.78 Å². The number of aryl methyl sites for hydroxylation is 1. The summed E-state index contributed by atoms with van der Waals surface area (Å²) < 4.78 is 52.1. The summed E-state index contributed by atoms with van der Waals surface area (Å²) in [4.78, 5) is 12.7. The summed E-state index contributed by atoms with van der Waals surface area (Å²) in [6.45, 7) is 2.03. The van der Waals surface area contributed by atoms with E-state index in [9.17, 15) is 18.0 Å². The predicted molar refractivity (Wildman–Crippen MR) is 132 cm³/mol. The zero-order chi connectivity index (χ0) is 26.0. The number of furan rings is 1. The minimum Gasteiger partial charge on any atom is -0.485 e. The van der Waals surface area contributed by atoms with Gasteiger partial charge in [0, 0.05) is 17.1 Å². The number of rotatable bonds is 7. The fourth-order valence-corrected chi connectivity index (χ4v) is 3.98. The lowest BCUT2D eigenvalue weighted by atomic mass is 10.1. The second kappa shape index (κ2) is 9.85. The van der Waals surface area contributed by atoms with Gasteiger partial charge >= 0.3 is 6.18 Å². The van der Waals surface area contributed by atoms with Gasteiger partial charge in [0.15, 0.2) is 11.6 Å². The van der Waals surface area contributed by atoms with Crippen molar-refractivity contribution in [3.63, 3.8) is 0 Å². The third-order valence-electron chi connectivity index (χ3n) is 5.81. The van der Waals surface area contributed by atoms with E-state index < -0.39 is 17.6 Å². The number of anilines is 1. The Morgan fingerprint density at radius 2 is 1.78 bits per heavy atom. The molecule has 2 aromatic heterocycles. The number of nitrogens with one attached hydrogen (secondary N) is 1. The standard InChI is InChI=1S/C28H22F3N3O3/c1-18-14-26(33-34(18)16-19-6-4-9-21(15-19)28(29,30)31)32-27(35)25-13-12-22(37-25)17-36-24-11-5-8-20-7-2-3-10-23(20)24/h2-15H,16-17H2,1H3,(H,32,33,35). The lowest BCUT2D eigenvalue weighted by Crippen LogP contribution is -2.12. The molecular weight excluding hydrogens is 483 g/mol. The summed E-state index contributed by atoms with van der Waals surface area (Å²) in [7, 11) is 0. The molecule has 0 saturated carbocycles. The Morgan fingerprint density at radius 3 is 2.62 bits per heavy atom. The smallest absolute Gasteiger partial charge is 0.416 e. The van der Waals surface area contributed by atoms with E-state index in [-0.39, 0.29) is 24.7 Å². The minimum absolute atomic E-state index is 0.0848. The second-order valence-corrected chi connectivity index (χ2v) is 8.51. The van der Waals surface area contributed by atoms with Crippen molar-refractivity contribution in [2.45, 2.75) is 26.3 Å². The predicted octanol–water partition coefficient (Wildman–Crippen LogP) is 6.84. The van der Waals surface area contributed by atoms with Gasteiger partial charge in [0.2, 0.25) is 0 Å². The average Bonchev–Trinajstić information content (AvgIpc) is 3.49. The number of carbonyl (C=O) groups is 1. The van der Waals surface area contributed by atoms with Crippen molar-refractivity contribution in [3.8, 4) is 5.75 Å². The first-order chi connectivity index (χ1) is 17.8. The molecule has 188 valence electrons. The molecular formula is C28H22F3N3O3. The Hall–Kier alpha value is -4.53. The van der Waals surface area contributed by atoms with E-state index in [1.54, 1.807) is 31.2 Å². The van der Waals surface area contributed by atoms with Crippen LogP contribution in [0.5, 0.6) is 5.75 Å². The maximum Gasteiger partial charge on any atom is 0.416 e. The molecule has 0 unspecified atom stereocenters. The Bertz CT molecular complexity index is 1560. The lowest BCUT2D eigenvalue weighted by molar-refractivity contribution is -0.137. The molecule has 5 aromatic rings. The summed E-state index contributed by atoms with van der Waals surface area (Å²) in [5, 5.41) is 9.01. The Balaban J connectivity index is 1.23. The summed E-state index contributed by atoms with van der Waals surface area (Å²) in [6.07, 6.45) is -4.42. The van der Waals surface area contributed by atoms with Crippen LogP contribution in [-0.4, -0.2) is 15.7 Å². The number of carbonyl (C=O) groups excluding carboxylic acids is 1. The molecule has 0 spiro atoms. The van der Waals surface area contributed by atoms with Crippen LogP contribution in [0, 0.1) is 6.92 Å². The highest BCUT2D eigenvalue weighted by Gasteiger charge is 2.30. The van der Waals surface area contributed by atoms with E-state index >= 15 is 0 Å². The summed E-state index contributed by atoms with van der Waals surface area (Å²) in [5.41, 5.74) is 0.401. The highest BCUT2D eigenvalue weighted by molar-refractivity contribution is 6.01. The number of alkyl halides is 3. The van der Waals surface area contributed by atoms with Gasteiger partial charge in [-0.25, -0.2) is 0 Å². The molecule has 6 nitrogen and oxygen atoms in total. The van der Waals surface area contributed by atoms with Crippen molar-refractivity contribution in [2.24, 2.45) is 0 Å². The number of ether oxygens (including phenoxy) is 1. The fraction of sp³-hybridized carbons (Fsp3) is 0.143. The van der Waals surface area contributed by atoms with Crippen molar-refractivity contribution < 1.29 is 27.1 Å².